The van der Waals surface area contributed by atoms with Crippen LogP contribution in [0.15, 0.2) is 6.20 Å². The maximum absolute atomic E-state index is 9.64. The van der Waals surface area contributed by atoms with Gasteiger partial charge < -0.3 is 5.11 Å². The second kappa shape index (κ2) is 6.15. The fraction of sp³-hybridized carbons (Fsp3) is 0.846. The van der Waals surface area contributed by atoms with Crippen molar-refractivity contribution in [2.45, 2.75) is 64.5 Å². The minimum Gasteiger partial charge on any atom is -0.387 e. The van der Waals surface area contributed by atoms with Gasteiger partial charge >= 0.3 is 0 Å². The van der Waals surface area contributed by atoms with Gasteiger partial charge in [-0.05, 0) is 18.8 Å². The summed E-state index contributed by atoms with van der Waals surface area (Å²) in [6, 6.07) is 0. The second-order valence-corrected chi connectivity index (χ2v) is 5.12. The predicted octanol–water partition coefficient (Wildman–Crippen LogP) is 2.69. The molecule has 1 aromatic heterocycles. The molecule has 1 aliphatic carbocycles. The number of aryl methyl sites for hydroxylation is 1. The topological polar surface area (TPSA) is 50.9 Å². The fourth-order valence-electron chi connectivity index (χ4n) is 2.58. The third-order valence-corrected chi connectivity index (χ3v) is 3.78. The number of hydrogen-bond acceptors (Lipinski definition) is 3. The lowest BCUT2D eigenvalue weighted by Gasteiger charge is -2.20. The molecule has 1 aliphatic rings. The van der Waals surface area contributed by atoms with Crippen molar-refractivity contribution in [3.63, 3.8) is 0 Å². The van der Waals surface area contributed by atoms with Crippen LogP contribution >= 0.6 is 0 Å². The highest BCUT2D eigenvalue weighted by Gasteiger charge is 2.14. The van der Waals surface area contributed by atoms with Crippen LogP contribution in [0.3, 0.4) is 0 Å². The van der Waals surface area contributed by atoms with Crippen LogP contribution in [0.25, 0.3) is 0 Å². The molecule has 1 atom stereocenters. The summed E-state index contributed by atoms with van der Waals surface area (Å²) in [5.74, 6) is 0.868. The van der Waals surface area contributed by atoms with Crippen LogP contribution in [0.1, 0.15) is 63.7 Å². The first kappa shape index (κ1) is 12.6. The molecule has 4 heteroatoms. The van der Waals surface area contributed by atoms with E-state index in [0.29, 0.717) is 12.1 Å². The van der Waals surface area contributed by atoms with Gasteiger partial charge in [0.05, 0.1) is 12.3 Å². The minimum absolute atomic E-state index is 0.460. The molecule has 1 heterocycles. The Labute approximate surface area is 103 Å². The lowest BCUT2D eigenvalue weighted by Crippen LogP contribution is -2.10. The van der Waals surface area contributed by atoms with E-state index < -0.39 is 6.10 Å². The van der Waals surface area contributed by atoms with Crippen molar-refractivity contribution >= 4 is 0 Å². The molecule has 0 amide bonds. The Hall–Kier alpha value is -0.900. The van der Waals surface area contributed by atoms with Gasteiger partial charge in [0.2, 0.25) is 0 Å². The summed E-state index contributed by atoms with van der Waals surface area (Å²) in [6.07, 6.45) is 10.3. The third kappa shape index (κ3) is 3.53. The lowest BCUT2D eigenvalue weighted by molar-refractivity contribution is 0.168. The smallest absolute Gasteiger partial charge is 0.111 e. The number of aliphatic hydroxyl groups is 1. The molecule has 96 valence electrons. The molecule has 1 fully saturated rings. The van der Waals surface area contributed by atoms with E-state index in [9.17, 15) is 5.11 Å². The van der Waals surface area contributed by atoms with Gasteiger partial charge in [-0.3, -0.25) is 4.68 Å². The molecule has 1 unspecified atom stereocenters. The number of rotatable bonds is 5. The molecule has 4 nitrogen and oxygen atoms in total. The molecule has 0 aromatic carbocycles. The quantitative estimate of drug-likeness (QED) is 0.856. The van der Waals surface area contributed by atoms with Crippen LogP contribution < -0.4 is 0 Å². The SMILES string of the molecule is CCC(O)c1cn(CCC2CCCCC2)nn1. The Kier molecular flexibility index (Phi) is 4.54. The average molecular weight is 237 g/mol. The summed E-state index contributed by atoms with van der Waals surface area (Å²) in [6.45, 7) is 2.89. The number of hydrogen-bond donors (Lipinski definition) is 1. The summed E-state index contributed by atoms with van der Waals surface area (Å²) in [4.78, 5) is 0. The van der Waals surface area contributed by atoms with E-state index in [-0.39, 0.29) is 0 Å². The monoisotopic (exact) mass is 237 g/mol. The van der Waals surface area contributed by atoms with Crippen LogP contribution in [0.2, 0.25) is 0 Å². The van der Waals surface area contributed by atoms with E-state index in [0.717, 1.165) is 12.5 Å². The van der Waals surface area contributed by atoms with Crippen LogP contribution in [0.4, 0.5) is 0 Å². The van der Waals surface area contributed by atoms with Crippen LogP contribution in [-0.2, 0) is 6.54 Å². The zero-order valence-corrected chi connectivity index (χ0v) is 10.7. The van der Waals surface area contributed by atoms with Crippen LogP contribution in [0, 0.1) is 5.92 Å². The van der Waals surface area contributed by atoms with Crippen molar-refractivity contribution in [3.8, 4) is 0 Å². The molecule has 2 rings (SSSR count). The third-order valence-electron chi connectivity index (χ3n) is 3.78. The second-order valence-electron chi connectivity index (χ2n) is 5.12. The number of aliphatic hydroxyl groups excluding tert-OH is 1. The Morgan fingerprint density at radius 1 is 1.41 bits per heavy atom. The van der Waals surface area contributed by atoms with E-state index in [2.05, 4.69) is 10.3 Å². The predicted molar refractivity (Wildman–Crippen MR) is 66.5 cm³/mol. The van der Waals surface area contributed by atoms with Gasteiger partial charge in [-0.25, -0.2) is 0 Å². The first-order chi connectivity index (χ1) is 8.29. The molecule has 1 saturated carbocycles. The molecule has 0 aliphatic heterocycles. The summed E-state index contributed by atoms with van der Waals surface area (Å²) < 4.78 is 1.88. The largest absolute Gasteiger partial charge is 0.387 e. The number of aromatic nitrogens is 3. The van der Waals surface area contributed by atoms with Crippen molar-refractivity contribution < 1.29 is 5.11 Å². The molecule has 0 spiro atoms. The average Bonchev–Trinajstić information content (AvgIpc) is 2.85. The van der Waals surface area contributed by atoms with E-state index >= 15 is 0 Å². The first-order valence-corrected chi connectivity index (χ1v) is 6.87. The van der Waals surface area contributed by atoms with Crippen LogP contribution in [-0.4, -0.2) is 20.1 Å². The van der Waals surface area contributed by atoms with Crippen molar-refractivity contribution in [1.82, 2.24) is 15.0 Å². The highest BCUT2D eigenvalue weighted by atomic mass is 16.3. The van der Waals surface area contributed by atoms with Gasteiger partial charge in [-0.15, -0.1) is 5.10 Å². The van der Waals surface area contributed by atoms with Gasteiger partial charge in [0.15, 0.2) is 0 Å². The minimum atomic E-state index is -0.460. The molecule has 0 saturated heterocycles. The summed E-state index contributed by atoms with van der Waals surface area (Å²) in [7, 11) is 0. The van der Waals surface area contributed by atoms with E-state index in [1.165, 1.54) is 38.5 Å². The van der Waals surface area contributed by atoms with Gasteiger partial charge in [-0.1, -0.05) is 44.2 Å². The first-order valence-electron chi connectivity index (χ1n) is 6.87. The van der Waals surface area contributed by atoms with E-state index in [1.807, 2.05) is 17.8 Å². The van der Waals surface area contributed by atoms with Crippen molar-refractivity contribution in [1.29, 1.82) is 0 Å². The Morgan fingerprint density at radius 3 is 2.88 bits per heavy atom. The maximum Gasteiger partial charge on any atom is 0.111 e. The molecule has 0 bridgehead atoms. The van der Waals surface area contributed by atoms with Gasteiger partial charge in [0.25, 0.3) is 0 Å². The van der Waals surface area contributed by atoms with Gasteiger partial charge in [0.1, 0.15) is 5.69 Å². The van der Waals surface area contributed by atoms with Crippen LogP contribution in [0.5, 0.6) is 0 Å². The molecular formula is C13H23N3O. The van der Waals surface area contributed by atoms with Crippen molar-refractivity contribution in [2.24, 2.45) is 5.92 Å². The lowest BCUT2D eigenvalue weighted by atomic mass is 9.87. The fourth-order valence-corrected chi connectivity index (χ4v) is 2.58. The molecule has 1 aromatic rings. The zero-order chi connectivity index (χ0) is 12.1. The van der Waals surface area contributed by atoms with E-state index in [1.54, 1.807) is 0 Å². The zero-order valence-electron chi connectivity index (χ0n) is 10.7. The van der Waals surface area contributed by atoms with Crippen molar-refractivity contribution in [2.75, 3.05) is 0 Å². The Balaban J connectivity index is 1.80. The summed E-state index contributed by atoms with van der Waals surface area (Å²) in [5.41, 5.74) is 0.705. The summed E-state index contributed by atoms with van der Waals surface area (Å²) >= 11 is 0. The van der Waals surface area contributed by atoms with Crippen molar-refractivity contribution in [3.05, 3.63) is 11.9 Å². The normalized spacial score (nSPS) is 19.4. The van der Waals surface area contributed by atoms with Gasteiger partial charge in [-0.2, -0.15) is 0 Å². The van der Waals surface area contributed by atoms with Gasteiger partial charge in [0, 0.05) is 6.54 Å². The molecule has 1 N–H and O–H groups in total. The standard InChI is InChI=1S/C13H23N3O/c1-2-13(17)12-10-16(15-14-12)9-8-11-6-4-3-5-7-11/h10-11,13,17H,2-9H2,1H3. The van der Waals surface area contributed by atoms with E-state index in [4.69, 9.17) is 0 Å². The Bertz CT molecular complexity index is 331. The highest BCUT2D eigenvalue weighted by Crippen LogP contribution is 2.26. The molecule has 0 radical (unpaired) electrons. The summed E-state index contributed by atoms with van der Waals surface area (Å²) in [5, 5.41) is 17.7. The molecule has 17 heavy (non-hydrogen) atoms. The highest BCUT2D eigenvalue weighted by molar-refractivity contribution is 4.96. The maximum atomic E-state index is 9.64. The molecular weight excluding hydrogens is 214 g/mol. The number of nitrogens with zero attached hydrogens (tertiary/aromatic N) is 3. The Morgan fingerprint density at radius 2 is 2.18 bits per heavy atom.